The van der Waals surface area contributed by atoms with Crippen molar-refractivity contribution in [1.29, 1.82) is 0 Å². The smallest absolute Gasteiger partial charge is 0.336 e. The number of fused-ring (bicyclic) bond motifs is 2. The number of hydrogen-bond donors (Lipinski definition) is 0. The van der Waals surface area contributed by atoms with E-state index in [1.165, 1.54) is 5.56 Å². The fourth-order valence-electron chi connectivity index (χ4n) is 4.00. The highest BCUT2D eigenvalue weighted by atomic mass is 16.5. The van der Waals surface area contributed by atoms with Gasteiger partial charge in [0.15, 0.2) is 6.73 Å². The van der Waals surface area contributed by atoms with Gasteiger partial charge in [-0.25, -0.2) is 4.79 Å². The van der Waals surface area contributed by atoms with E-state index in [0.29, 0.717) is 12.3 Å². The SMILES string of the molecule is Cc1ccc(N2COc3c(cc4c(-c5ccccc5)cc(=O)oc4c3C)C2)cc1. The summed E-state index contributed by atoms with van der Waals surface area (Å²) in [6.07, 6.45) is 0. The van der Waals surface area contributed by atoms with Crippen molar-refractivity contribution in [2.75, 3.05) is 11.6 Å². The summed E-state index contributed by atoms with van der Waals surface area (Å²) in [4.78, 5) is 14.4. The quantitative estimate of drug-likeness (QED) is 0.433. The number of benzene rings is 3. The number of nitrogens with zero attached hydrogens (tertiary/aromatic N) is 1. The first-order valence-corrected chi connectivity index (χ1v) is 9.70. The molecule has 0 saturated heterocycles. The maximum Gasteiger partial charge on any atom is 0.336 e. The Labute approximate surface area is 169 Å². The molecule has 0 N–H and O–H groups in total. The van der Waals surface area contributed by atoms with Gasteiger partial charge >= 0.3 is 5.63 Å². The Balaban J connectivity index is 1.66. The van der Waals surface area contributed by atoms with E-state index in [2.05, 4.69) is 42.2 Å². The van der Waals surface area contributed by atoms with Gasteiger partial charge in [-0.05, 0) is 43.2 Å². The van der Waals surface area contributed by atoms with E-state index in [1.807, 2.05) is 37.3 Å². The Morgan fingerprint density at radius 3 is 2.45 bits per heavy atom. The molecule has 5 rings (SSSR count). The zero-order chi connectivity index (χ0) is 20.0. The van der Waals surface area contributed by atoms with Crippen molar-refractivity contribution in [3.8, 4) is 16.9 Å². The molecular formula is C25H21NO3. The summed E-state index contributed by atoms with van der Waals surface area (Å²) in [6, 6.07) is 22.1. The Kier molecular flexibility index (Phi) is 4.13. The number of rotatable bonds is 2. The first kappa shape index (κ1) is 17.6. The van der Waals surface area contributed by atoms with E-state index in [-0.39, 0.29) is 5.63 Å². The highest BCUT2D eigenvalue weighted by Crippen LogP contribution is 2.39. The molecule has 1 aliphatic rings. The summed E-state index contributed by atoms with van der Waals surface area (Å²) in [5, 5.41) is 0.932. The highest BCUT2D eigenvalue weighted by molar-refractivity contribution is 5.96. The largest absolute Gasteiger partial charge is 0.472 e. The van der Waals surface area contributed by atoms with Gasteiger partial charge in [-0.2, -0.15) is 0 Å². The predicted molar refractivity (Wildman–Crippen MR) is 116 cm³/mol. The van der Waals surface area contributed by atoms with Gasteiger partial charge in [0.05, 0.1) is 0 Å². The molecule has 0 radical (unpaired) electrons. The molecule has 4 aromatic rings. The molecule has 0 bridgehead atoms. The molecule has 3 aromatic carbocycles. The lowest BCUT2D eigenvalue weighted by Crippen LogP contribution is -2.32. The lowest BCUT2D eigenvalue weighted by atomic mass is 9.97. The number of ether oxygens (including phenoxy) is 1. The maximum atomic E-state index is 12.2. The van der Waals surface area contributed by atoms with Crippen LogP contribution in [-0.2, 0) is 6.54 Å². The van der Waals surface area contributed by atoms with Crippen molar-refractivity contribution in [3.63, 3.8) is 0 Å². The predicted octanol–water partition coefficient (Wildman–Crippen LogP) is 5.43. The summed E-state index contributed by atoms with van der Waals surface area (Å²) in [7, 11) is 0. The Morgan fingerprint density at radius 1 is 0.931 bits per heavy atom. The van der Waals surface area contributed by atoms with Gasteiger partial charge in [0.25, 0.3) is 0 Å². The minimum atomic E-state index is -0.350. The summed E-state index contributed by atoms with van der Waals surface area (Å²) < 4.78 is 11.7. The molecule has 1 aromatic heterocycles. The van der Waals surface area contributed by atoms with Crippen molar-refractivity contribution in [3.05, 3.63) is 93.8 Å². The van der Waals surface area contributed by atoms with Crippen LogP contribution in [0.15, 0.2) is 75.9 Å². The normalized spacial score (nSPS) is 13.2. The van der Waals surface area contributed by atoms with Crippen LogP contribution in [0.1, 0.15) is 16.7 Å². The molecule has 4 heteroatoms. The zero-order valence-corrected chi connectivity index (χ0v) is 16.4. The van der Waals surface area contributed by atoms with E-state index in [9.17, 15) is 4.79 Å². The van der Waals surface area contributed by atoms with Crippen LogP contribution in [0.2, 0.25) is 0 Å². The van der Waals surface area contributed by atoms with E-state index in [4.69, 9.17) is 9.15 Å². The van der Waals surface area contributed by atoms with Gasteiger partial charge in [0.1, 0.15) is 11.3 Å². The minimum Gasteiger partial charge on any atom is -0.472 e. The second-order valence-electron chi connectivity index (χ2n) is 7.52. The third kappa shape index (κ3) is 3.07. The molecule has 29 heavy (non-hydrogen) atoms. The average molecular weight is 383 g/mol. The highest BCUT2D eigenvalue weighted by Gasteiger charge is 2.23. The molecule has 0 saturated carbocycles. The van der Waals surface area contributed by atoms with Crippen LogP contribution in [-0.4, -0.2) is 6.73 Å². The molecule has 144 valence electrons. The van der Waals surface area contributed by atoms with Gasteiger partial charge < -0.3 is 14.1 Å². The molecule has 0 unspecified atom stereocenters. The fourth-order valence-corrected chi connectivity index (χ4v) is 4.00. The molecule has 4 nitrogen and oxygen atoms in total. The Bertz CT molecular complexity index is 1260. The van der Waals surface area contributed by atoms with E-state index >= 15 is 0 Å². The third-order valence-corrected chi connectivity index (χ3v) is 5.50. The maximum absolute atomic E-state index is 12.2. The van der Waals surface area contributed by atoms with Crippen LogP contribution in [0.4, 0.5) is 5.69 Å². The van der Waals surface area contributed by atoms with Crippen molar-refractivity contribution in [2.24, 2.45) is 0 Å². The summed E-state index contributed by atoms with van der Waals surface area (Å²) in [5.74, 6) is 0.814. The number of hydrogen-bond acceptors (Lipinski definition) is 4. The molecule has 0 atom stereocenters. The standard InChI is InChI=1S/C25H21NO3/c1-16-8-10-20(11-9-16)26-14-19-12-22-21(18-6-4-3-5-7-18)13-23(27)29-25(22)17(2)24(19)28-15-26/h3-13H,14-15H2,1-2H3. The van der Waals surface area contributed by atoms with Gasteiger partial charge in [0, 0.05) is 34.8 Å². The molecule has 0 fully saturated rings. The van der Waals surface area contributed by atoms with Gasteiger partial charge in [0.2, 0.25) is 0 Å². The molecular weight excluding hydrogens is 362 g/mol. The molecule has 0 amide bonds. The molecule has 0 aliphatic carbocycles. The molecule has 2 heterocycles. The van der Waals surface area contributed by atoms with Gasteiger partial charge in [-0.15, -0.1) is 0 Å². The van der Waals surface area contributed by atoms with Crippen LogP contribution in [0, 0.1) is 13.8 Å². The molecule has 1 aliphatic heterocycles. The summed E-state index contributed by atoms with van der Waals surface area (Å²) in [5.41, 5.74) is 6.45. The third-order valence-electron chi connectivity index (χ3n) is 5.50. The van der Waals surface area contributed by atoms with Gasteiger partial charge in [-0.1, -0.05) is 48.0 Å². The number of aryl methyl sites for hydroxylation is 2. The summed E-state index contributed by atoms with van der Waals surface area (Å²) in [6.45, 7) is 5.24. The van der Waals surface area contributed by atoms with Crippen LogP contribution in [0.3, 0.4) is 0 Å². The first-order chi connectivity index (χ1) is 14.1. The lowest BCUT2D eigenvalue weighted by Gasteiger charge is -2.32. The monoisotopic (exact) mass is 383 g/mol. The number of anilines is 1. The van der Waals surface area contributed by atoms with Crippen molar-refractivity contribution >= 4 is 16.7 Å². The molecule has 0 spiro atoms. The van der Waals surface area contributed by atoms with Crippen LogP contribution in [0.25, 0.3) is 22.1 Å². The Hall–Kier alpha value is -3.53. The zero-order valence-electron chi connectivity index (χ0n) is 16.4. The minimum absolute atomic E-state index is 0.350. The second-order valence-corrected chi connectivity index (χ2v) is 7.52. The van der Waals surface area contributed by atoms with Crippen LogP contribution < -0.4 is 15.3 Å². The van der Waals surface area contributed by atoms with E-state index < -0.39 is 0 Å². The van der Waals surface area contributed by atoms with E-state index in [1.54, 1.807) is 6.07 Å². The van der Waals surface area contributed by atoms with Crippen LogP contribution in [0.5, 0.6) is 5.75 Å². The second kappa shape index (κ2) is 6.82. The topological polar surface area (TPSA) is 42.7 Å². The first-order valence-electron chi connectivity index (χ1n) is 9.70. The lowest BCUT2D eigenvalue weighted by molar-refractivity contribution is 0.287. The van der Waals surface area contributed by atoms with E-state index in [0.717, 1.165) is 45.6 Å². The average Bonchev–Trinajstić information content (AvgIpc) is 2.75. The summed E-state index contributed by atoms with van der Waals surface area (Å²) >= 11 is 0. The van der Waals surface area contributed by atoms with Crippen molar-refractivity contribution in [2.45, 2.75) is 20.4 Å². The van der Waals surface area contributed by atoms with Gasteiger partial charge in [-0.3, -0.25) is 0 Å². The van der Waals surface area contributed by atoms with Crippen molar-refractivity contribution in [1.82, 2.24) is 0 Å². The fraction of sp³-hybridized carbons (Fsp3) is 0.160. The van der Waals surface area contributed by atoms with Crippen molar-refractivity contribution < 1.29 is 9.15 Å². The van der Waals surface area contributed by atoms with Crippen LogP contribution >= 0.6 is 0 Å². The Morgan fingerprint density at radius 2 is 1.69 bits per heavy atom.